The Morgan fingerprint density at radius 2 is 1.81 bits per heavy atom. The van der Waals surface area contributed by atoms with E-state index in [1.165, 1.54) is 13.2 Å². The second kappa shape index (κ2) is 7.92. The minimum atomic E-state index is -0.624. The van der Waals surface area contributed by atoms with E-state index in [4.69, 9.17) is 21.1 Å². The summed E-state index contributed by atoms with van der Waals surface area (Å²) in [6, 6.07) is 13.3. The first-order chi connectivity index (χ1) is 13.0. The van der Waals surface area contributed by atoms with Crippen molar-refractivity contribution in [2.24, 2.45) is 0 Å². The van der Waals surface area contributed by atoms with Gasteiger partial charge in [0, 0.05) is 11.3 Å². The number of nitrogens with one attached hydrogen (secondary N) is 2. The number of anilines is 1. The Balaban J connectivity index is 1.87. The highest BCUT2D eigenvalue weighted by atomic mass is 35.5. The van der Waals surface area contributed by atoms with Crippen LogP contribution in [0.25, 0.3) is 11.3 Å². The molecule has 0 radical (unpaired) electrons. The largest absolute Gasteiger partial charge is 0.497 e. The van der Waals surface area contributed by atoms with E-state index in [0.717, 1.165) is 0 Å². The van der Waals surface area contributed by atoms with E-state index in [0.29, 0.717) is 33.5 Å². The number of amides is 1. The number of carbonyl (C=O) groups is 1. The number of rotatable bonds is 5. The maximum Gasteiger partial charge on any atom is 0.346 e. The van der Waals surface area contributed by atoms with E-state index in [1.54, 1.807) is 49.6 Å². The van der Waals surface area contributed by atoms with Crippen molar-refractivity contribution in [3.63, 3.8) is 0 Å². The molecule has 3 rings (SSSR count). The topological polar surface area (TPSA) is 93.3 Å². The van der Waals surface area contributed by atoms with Gasteiger partial charge < -0.3 is 19.8 Å². The summed E-state index contributed by atoms with van der Waals surface area (Å²) in [6.45, 7) is 0. The van der Waals surface area contributed by atoms with Crippen LogP contribution in [0.2, 0.25) is 5.02 Å². The van der Waals surface area contributed by atoms with Crippen LogP contribution in [0.4, 0.5) is 5.69 Å². The summed E-state index contributed by atoms with van der Waals surface area (Å²) in [4.78, 5) is 30.8. The van der Waals surface area contributed by atoms with Crippen molar-refractivity contribution < 1.29 is 14.3 Å². The van der Waals surface area contributed by atoms with Gasteiger partial charge in [0.2, 0.25) is 0 Å². The third-order valence-corrected chi connectivity index (χ3v) is 4.08. The molecule has 0 spiro atoms. The number of methoxy groups -OCH3 is 2. The van der Waals surface area contributed by atoms with E-state index in [2.05, 4.69) is 15.3 Å². The molecule has 1 heterocycles. The minimum Gasteiger partial charge on any atom is -0.497 e. The number of hydrogen-bond acceptors (Lipinski definition) is 5. The fourth-order valence-electron chi connectivity index (χ4n) is 2.43. The summed E-state index contributed by atoms with van der Waals surface area (Å²) in [5.41, 5.74) is 0.978. The van der Waals surface area contributed by atoms with Gasteiger partial charge in [-0.1, -0.05) is 11.6 Å². The summed E-state index contributed by atoms with van der Waals surface area (Å²) >= 11 is 6.06. The number of H-pyrrole nitrogens is 1. The molecule has 0 fully saturated rings. The smallest absolute Gasteiger partial charge is 0.346 e. The third-order valence-electron chi connectivity index (χ3n) is 3.78. The van der Waals surface area contributed by atoms with E-state index in [9.17, 15) is 9.59 Å². The van der Waals surface area contributed by atoms with Crippen LogP contribution in [0.5, 0.6) is 11.5 Å². The van der Waals surface area contributed by atoms with Crippen LogP contribution in [0.1, 0.15) is 10.5 Å². The molecular weight excluding hydrogens is 370 g/mol. The number of aromatic amines is 1. The number of halogens is 1. The van der Waals surface area contributed by atoms with Gasteiger partial charge in [-0.15, -0.1) is 0 Å². The molecule has 0 unspecified atom stereocenters. The van der Waals surface area contributed by atoms with Crippen LogP contribution in [0.15, 0.2) is 53.3 Å². The number of ether oxygens (including phenoxy) is 2. The Bertz CT molecular complexity index is 1030. The molecule has 7 nitrogen and oxygen atoms in total. The molecule has 8 heteroatoms. The Morgan fingerprint density at radius 3 is 2.44 bits per heavy atom. The van der Waals surface area contributed by atoms with Crippen molar-refractivity contribution in [2.75, 3.05) is 19.5 Å². The fourth-order valence-corrected chi connectivity index (χ4v) is 2.69. The van der Waals surface area contributed by atoms with E-state index < -0.39 is 11.6 Å². The van der Waals surface area contributed by atoms with Crippen LogP contribution in [-0.2, 0) is 0 Å². The number of nitrogens with zero attached hydrogens (tertiary/aromatic N) is 1. The van der Waals surface area contributed by atoms with Gasteiger partial charge >= 0.3 is 5.69 Å². The van der Waals surface area contributed by atoms with Gasteiger partial charge in [0.25, 0.3) is 5.91 Å². The maximum atomic E-state index is 12.5. The van der Waals surface area contributed by atoms with Gasteiger partial charge in [0.1, 0.15) is 17.2 Å². The van der Waals surface area contributed by atoms with Crippen molar-refractivity contribution in [3.8, 4) is 22.8 Å². The van der Waals surface area contributed by atoms with Crippen LogP contribution in [0.3, 0.4) is 0 Å². The predicted molar refractivity (Wildman–Crippen MR) is 103 cm³/mol. The SMILES string of the molecule is COc1ccc(-c2cc(C(=O)Nc3ccc(OC)c(Cl)c3)[nH]c(=O)n2)cc1. The molecule has 0 atom stereocenters. The zero-order valence-electron chi connectivity index (χ0n) is 14.6. The summed E-state index contributed by atoms with van der Waals surface area (Å²) in [5, 5.41) is 3.04. The molecule has 138 valence electrons. The van der Waals surface area contributed by atoms with Gasteiger partial charge in [-0.2, -0.15) is 4.98 Å². The monoisotopic (exact) mass is 385 g/mol. The standard InChI is InChI=1S/C19H16ClN3O4/c1-26-13-6-3-11(4-7-13)15-10-16(23-19(25)22-15)18(24)21-12-5-8-17(27-2)14(20)9-12/h3-10H,1-2H3,(H,21,24)(H,22,23,25). The number of benzene rings is 2. The van der Waals surface area contributed by atoms with E-state index in [1.807, 2.05) is 0 Å². The molecule has 27 heavy (non-hydrogen) atoms. The predicted octanol–water partition coefficient (Wildman–Crippen LogP) is 3.36. The lowest BCUT2D eigenvalue weighted by Crippen LogP contribution is -2.21. The average Bonchev–Trinajstić information content (AvgIpc) is 2.67. The van der Waals surface area contributed by atoms with Crippen LogP contribution < -0.4 is 20.5 Å². The quantitative estimate of drug-likeness (QED) is 0.702. The van der Waals surface area contributed by atoms with Crippen molar-refractivity contribution in [2.45, 2.75) is 0 Å². The maximum absolute atomic E-state index is 12.5. The summed E-state index contributed by atoms with van der Waals surface area (Å²) in [6.07, 6.45) is 0. The Labute approximate surface area is 159 Å². The van der Waals surface area contributed by atoms with Crippen LogP contribution in [-0.4, -0.2) is 30.1 Å². The van der Waals surface area contributed by atoms with E-state index >= 15 is 0 Å². The van der Waals surface area contributed by atoms with Crippen molar-refractivity contribution in [3.05, 3.63) is 69.7 Å². The fraction of sp³-hybridized carbons (Fsp3) is 0.105. The lowest BCUT2D eigenvalue weighted by Gasteiger charge is -2.09. The zero-order valence-corrected chi connectivity index (χ0v) is 15.3. The first-order valence-electron chi connectivity index (χ1n) is 7.91. The molecule has 2 N–H and O–H groups in total. The highest BCUT2D eigenvalue weighted by Crippen LogP contribution is 2.27. The highest BCUT2D eigenvalue weighted by molar-refractivity contribution is 6.32. The molecular formula is C19H16ClN3O4. The van der Waals surface area contributed by atoms with Crippen LogP contribution in [0, 0.1) is 0 Å². The van der Waals surface area contributed by atoms with Gasteiger partial charge in [-0.05, 0) is 48.5 Å². The zero-order chi connectivity index (χ0) is 19.4. The molecule has 0 aliphatic rings. The molecule has 0 saturated heterocycles. The molecule has 2 aromatic carbocycles. The molecule has 0 bridgehead atoms. The Morgan fingerprint density at radius 1 is 1.07 bits per heavy atom. The molecule has 0 saturated carbocycles. The number of aromatic nitrogens is 2. The van der Waals surface area contributed by atoms with Crippen LogP contribution >= 0.6 is 11.6 Å². The molecule has 1 amide bonds. The first kappa shape index (κ1) is 18.5. The second-order valence-corrected chi connectivity index (χ2v) is 5.92. The van der Waals surface area contributed by atoms with Gasteiger partial charge in [-0.3, -0.25) is 4.79 Å². The van der Waals surface area contributed by atoms with Gasteiger partial charge in [0.05, 0.1) is 24.9 Å². The number of carbonyl (C=O) groups excluding carboxylic acids is 1. The average molecular weight is 386 g/mol. The molecule has 3 aromatic rings. The molecule has 0 aliphatic heterocycles. The van der Waals surface area contributed by atoms with Gasteiger partial charge in [-0.25, -0.2) is 4.79 Å². The second-order valence-electron chi connectivity index (χ2n) is 5.52. The van der Waals surface area contributed by atoms with Crippen molar-refractivity contribution >= 4 is 23.2 Å². The lowest BCUT2D eigenvalue weighted by atomic mass is 10.1. The first-order valence-corrected chi connectivity index (χ1v) is 8.28. The third kappa shape index (κ3) is 4.27. The van der Waals surface area contributed by atoms with Crippen molar-refractivity contribution in [1.82, 2.24) is 9.97 Å². The van der Waals surface area contributed by atoms with Crippen molar-refractivity contribution in [1.29, 1.82) is 0 Å². The normalized spacial score (nSPS) is 10.3. The summed E-state index contributed by atoms with van der Waals surface area (Å²) < 4.78 is 10.2. The lowest BCUT2D eigenvalue weighted by molar-refractivity contribution is 0.102. The Hall–Kier alpha value is -3.32. The summed E-state index contributed by atoms with van der Waals surface area (Å²) in [7, 11) is 3.07. The molecule has 0 aliphatic carbocycles. The highest BCUT2D eigenvalue weighted by Gasteiger charge is 2.12. The van der Waals surface area contributed by atoms with E-state index in [-0.39, 0.29) is 5.69 Å². The van der Waals surface area contributed by atoms with Gasteiger partial charge in [0.15, 0.2) is 0 Å². The number of hydrogen-bond donors (Lipinski definition) is 2. The minimum absolute atomic E-state index is 0.0766. The molecule has 1 aromatic heterocycles. The Kier molecular flexibility index (Phi) is 5.42. The summed E-state index contributed by atoms with van der Waals surface area (Å²) in [5.74, 6) is 0.678.